The van der Waals surface area contributed by atoms with Crippen molar-refractivity contribution in [1.82, 2.24) is 10.2 Å². The Morgan fingerprint density at radius 3 is 2.79 bits per heavy atom. The number of amides is 1. The molecule has 0 unspecified atom stereocenters. The Bertz CT molecular complexity index is 469. The number of hydrogen-bond acceptors (Lipinski definition) is 3. The van der Waals surface area contributed by atoms with E-state index in [1.54, 1.807) is 7.11 Å². The molecule has 4 heteroatoms. The molecule has 2 fully saturated rings. The summed E-state index contributed by atoms with van der Waals surface area (Å²) in [5, 5.41) is 3.28. The van der Waals surface area contributed by atoms with Crippen LogP contribution in [0.2, 0.25) is 0 Å². The normalized spacial score (nSPS) is 26.1. The van der Waals surface area contributed by atoms with Crippen molar-refractivity contribution < 1.29 is 9.53 Å². The third kappa shape index (κ3) is 2.45. The van der Waals surface area contributed by atoms with Crippen LogP contribution in [0.3, 0.4) is 0 Å². The highest BCUT2D eigenvalue weighted by atomic mass is 16.5. The van der Waals surface area contributed by atoms with Gasteiger partial charge in [0.2, 0.25) is 5.91 Å². The van der Waals surface area contributed by atoms with Crippen molar-refractivity contribution >= 4 is 5.91 Å². The summed E-state index contributed by atoms with van der Waals surface area (Å²) >= 11 is 0. The van der Waals surface area contributed by atoms with Crippen LogP contribution in [-0.2, 0) is 4.79 Å². The third-order valence-corrected chi connectivity index (χ3v) is 4.07. The maximum Gasteiger partial charge on any atom is 0.226 e. The number of para-hydroxylation sites is 1. The van der Waals surface area contributed by atoms with E-state index in [0.717, 1.165) is 38.3 Å². The fourth-order valence-corrected chi connectivity index (χ4v) is 2.90. The van der Waals surface area contributed by atoms with Crippen LogP contribution in [-0.4, -0.2) is 44.1 Å². The first-order valence-corrected chi connectivity index (χ1v) is 6.93. The van der Waals surface area contributed by atoms with Crippen molar-refractivity contribution in [2.45, 2.75) is 12.3 Å². The number of carbonyl (C=O) groups excluding carboxylic acids is 1. The highest BCUT2D eigenvalue weighted by Gasteiger charge is 2.46. The highest BCUT2D eigenvalue weighted by Crippen LogP contribution is 2.51. The van der Waals surface area contributed by atoms with Crippen LogP contribution in [0.5, 0.6) is 5.75 Å². The molecule has 1 amide bonds. The van der Waals surface area contributed by atoms with Crippen LogP contribution in [0.1, 0.15) is 17.9 Å². The average molecular weight is 260 g/mol. The van der Waals surface area contributed by atoms with Gasteiger partial charge in [-0.05, 0) is 24.0 Å². The number of carbonyl (C=O) groups is 1. The summed E-state index contributed by atoms with van der Waals surface area (Å²) in [4.78, 5) is 14.4. The van der Waals surface area contributed by atoms with Crippen molar-refractivity contribution in [1.29, 1.82) is 0 Å². The lowest BCUT2D eigenvalue weighted by molar-refractivity contribution is -0.133. The molecule has 3 rings (SSSR count). The molecule has 2 atom stereocenters. The van der Waals surface area contributed by atoms with E-state index in [1.807, 2.05) is 23.1 Å². The van der Waals surface area contributed by atoms with Gasteiger partial charge in [0, 0.05) is 32.1 Å². The van der Waals surface area contributed by atoms with Gasteiger partial charge < -0.3 is 15.0 Å². The van der Waals surface area contributed by atoms with Gasteiger partial charge in [0.1, 0.15) is 5.75 Å². The SMILES string of the molecule is COc1ccccc1[C@@H]1C[C@H]1C(=O)N1CCNCC1. The maximum atomic E-state index is 12.4. The number of hydrogen-bond donors (Lipinski definition) is 1. The van der Waals surface area contributed by atoms with E-state index in [2.05, 4.69) is 11.4 Å². The van der Waals surface area contributed by atoms with Gasteiger partial charge in [-0.1, -0.05) is 18.2 Å². The van der Waals surface area contributed by atoms with Crippen molar-refractivity contribution in [3.63, 3.8) is 0 Å². The van der Waals surface area contributed by atoms with Gasteiger partial charge in [-0.15, -0.1) is 0 Å². The zero-order valence-electron chi connectivity index (χ0n) is 11.3. The summed E-state index contributed by atoms with van der Waals surface area (Å²) in [7, 11) is 1.69. The van der Waals surface area contributed by atoms with Gasteiger partial charge in [-0.25, -0.2) is 0 Å². The zero-order chi connectivity index (χ0) is 13.2. The van der Waals surface area contributed by atoms with E-state index < -0.39 is 0 Å². The molecule has 19 heavy (non-hydrogen) atoms. The second kappa shape index (κ2) is 5.21. The van der Waals surface area contributed by atoms with Crippen LogP contribution in [0.25, 0.3) is 0 Å². The molecule has 0 bridgehead atoms. The van der Waals surface area contributed by atoms with E-state index in [9.17, 15) is 4.79 Å². The topological polar surface area (TPSA) is 41.6 Å². The molecular weight excluding hydrogens is 240 g/mol. The first-order chi connectivity index (χ1) is 9.31. The predicted molar refractivity (Wildman–Crippen MR) is 73.3 cm³/mol. The Morgan fingerprint density at radius 1 is 1.32 bits per heavy atom. The Kier molecular flexibility index (Phi) is 3.42. The first kappa shape index (κ1) is 12.5. The first-order valence-electron chi connectivity index (χ1n) is 6.93. The van der Waals surface area contributed by atoms with Gasteiger partial charge >= 0.3 is 0 Å². The summed E-state index contributed by atoms with van der Waals surface area (Å²) < 4.78 is 5.39. The molecule has 1 aromatic carbocycles. The molecule has 4 nitrogen and oxygen atoms in total. The van der Waals surface area contributed by atoms with E-state index in [1.165, 1.54) is 5.56 Å². The Balaban J connectivity index is 1.68. The van der Waals surface area contributed by atoms with Gasteiger partial charge in [-0.2, -0.15) is 0 Å². The van der Waals surface area contributed by atoms with E-state index in [4.69, 9.17) is 4.74 Å². The van der Waals surface area contributed by atoms with E-state index in [0.29, 0.717) is 11.8 Å². The van der Waals surface area contributed by atoms with Crippen LogP contribution >= 0.6 is 0 Å². The summed E-state index contributed by atoms with van der Waals surface area (Å²) in [6.07, 6.45) is 0.961. The minimum atomic E-state index is 0.161. The molecule has 1 aliphatic carbocycles. The molecule has 1 saturated carbocycles. The lowest BCUT2D eigenvalue weighted by Crippen LogP contribution is -2.47. The quantitative estimate of drug-likeness (QED) is 0.889. The van der Waals surface area contributed by atoms with Crippen LogP contribution < -0.4 is 10.1 Å². The summed E-state index contributed by atoms with van der Waals surface area (Å²) in [5.74, 6) is 1.73. The maximum absolute atomic E-state index is 12.4. The van der Waals surface area contributed by atoms with Crippen LogP contribution in [0.15, 0.2) is 24.3 Å². The Labute approximate surface area is 113 Å². The minimum absolute atomic E-state index is 0.161. The summed E-state index contributed by atoms with van der Waals surface area (Å²) in [6.45, 7) is 3.51. The van der Waals surface area contributed by atoms with Crippen molar-refractivity contribution in [2.24, 2.45) is 5.92 Å². The van der Waals surface area contributed by atoms with Gasteiger partial charge in [-0.3, -0.25) is 4.79 Å². The molecule has 2 aliphatic rings. The van der Waals surface area contributed by atoms with Crippen LogP contribution in [0, 0.1) is 5.92 Å². The van der Waals surface area contributed by atoms with E-state index >= 15 is 0 Å². The van der Waals surface area contributed by atoms with E-state index in [-0.39, 0.29) is 5.92 Å². The van der Waals surface area contributed by atoms with Crippen molar-refractivity contribution in [2.75, 3.05) is 33.3 Å². The number of rotatable bonds is 3. The monoisotopic (exact) mass is 260 g/mol. The van der Waals surface area contributed by atoms with Gasteiger partial charge in [0.05, 0.1) is 7.11 Å². The second-order valence-electron chi connectivity index (χ2n) is 5.27. The minimum Gasteiger partial charge on any atom is -0.496 e. The molecule has 1 heterocycles. The van der Waals surface area contributed by atoms with Gasteiger partial charge in [0.15, 0.2) is 0 Å². The van der Waals surface area contributed by atoms with Crippen LogP contribution in [0.4, 0.5) is 0 Å². The molecular formula is C15H20N2O2. The van der Waals surface area contributed by atoms with Gasteiger partial charge in [0.25, 0.3) is 0 Å². The fraction of sp³-hybridized carbons (Fsp3) is 0.533. The molecule has 0 aromatic heterocycles. The number of ether oxygens (including phenoxy) is 1. The number of benzene rings is 1. The molecule has 1 saturated heterocycles. The zero-order valence-corrected chi connectivity index (χ0v) is 11.3. The highest BCUT2D eigenvalue weighted by molar-refractivity contribution is 5.83. The third-order valence-electron chi connectivity index (χ3n) is 4.07. The molecule has 102 valence electrons. The lowest BCUT2D eigenvalue weighted by Gasteiger charge is -2.27. The largest absolute Gasteiger partial charge is 0.496 e. The number of nitrogens with one attached hydrogen (secondary N) is 1. The Hall–Kier alpha value is -1.55. The number of piperazine rings is 1. The smallest absolute Gasteiger partial charge is 0.226 e. The molecule has 0 spiro atoms. The van der Waals surface area contributed by atoms with Crippen molar-refractivity contribution in [3.8, 4) is 5.75 Å². The average Bonchev–Trinajstić information content (AvgIpc) is 3.27. The standard InChI is InChI=1S/C15H20N2O2/c1-19-14-5-3-2-4-11(14)12-10-13(12)15(18)17-8-6-16-7-9-17/h2-5,12-13,16H,6-10H2,1H3/t12-,13+/m0/s1. The molecule has 1 N–H and O–H groups in total. The predicted octanol–water partition coefficient (Wildman–Crippen LogP) is 1.23. The fourth-order valence-electron chi connectivity index (χ4n) is 2.90. The lowest BCUT2D eigenvalue weighted by atomic mass is 10.1. The molecule has 1 aliphatic heterocycles. The summed E-state index contributed by atoms with van der Waals surface area (Å²) in [6, 6.07) is 8.04. The molecule has 1 aromatic rings. The number of nitrogens with zero attached hydrogens (tertiary/aromatic N) is 1. The second-order valence-corrected chi connectivity index (χ2v) is 5.27. The molecule has 0 radical (unpaired) electrons. The summed E-state index contributed by atoms with van der Waals surface area (Å²) in [5.41, 5.74) is 1.18. The van der Waals surface area contributed by atoms with Crippen molar-refractivity contribution in [3.05, 3.63) is 29.8 Å². The Morgan fingerprint density at radius 2 is 2.05 bits per heavy atom. The number of methoxy groups -OCH3 is 1.